The molecule has 0 atom stereocenters. The maximum atomic E-state index is 12.8. The van der Waals surface area contributed by atoms with Crippen molar-refractivity contribution in [2.45, 2.75) is 36.6 Å². The number of piperidine rings is 1. The summed E-state index contributed by atoms with van der Waals surface area (Å²) in [6.45, 7) is 3.43. The van der Waals surface area contributed by atoms with Crippen LogP contribution in [0.15, 0.2) is 33.9 Å². The second-order valence-corrected chi connectivity index (χ2v) is 6.89. The topological polar surface area (TPSA) is 71.3 Å². The Kier molecular flexibility index (Phi) is 9.43. The van der Waals surface area contributed by atoms with Gasteiger partial charge in [-0.1, -0.05) is 16.9 Å². The third kappa shape index (κ3) is 5.61. The van der Waals surface area contributed by atoms with E-state index in [2.05, 4.69) is 15.5 Å². The van der Waals surface area contributed by atoms with E-state index in [1.807, 2.05) is 37.1 Å². The number of hydrogen-bond acceptors (Lipinski definition) is 6. The number of rotatable bonds is 5. The van der Waals surface area contributed by atoms with Gasteiger partial charge in [-0.3, -0.25) is 4.79 Å². The number of thioether (sulfide) groups is 1. The van der Waals surface area contributed by atoms with Crippen LogP contribution in [0, 0.1) is 6.92 Å². The molecule has 1 aliphatic rings. The second-order valence-electron chi connectivity index (χ2n) is 5.93. The lowest BCUT2D eigenvalue weighted by atomic mass is 10.0. The maximum Gasteiger partial charge on any atom is 0.256 e. The van der Waals surface area contributed by atoms with Crippen LogP contribution < -0.4 is 5.32 Å². The van der Waals surface area contributed by atoms with Gasteiger partial charge in [0.2, 0.25) is 0 Å². The highest BCUT2D eigenvalue weighted by Gasteiger charge is 2.24. The molecule has 6 nitrogen and oxygen atoms in total. The average molecular weight is 419 g/mol. The Morgan fingerprint density at radius 1 is 1.38 bits per heavy atom. The van der Waals surface area contributed by atoms with Gasteiger partial charge in [0, 0.05) is 37.1 Å². The van der Waals surface area contributed by atoms with E-state index in [0.717, 1.165) is 42.4 Å². The average Bonchev–Trinajstić information content (AvgIpc) is 3.05. The number of halogens is 2. The Bertz CT molecular complexity index is 706. The Labute approximate surface area is 170 Å². The molecule has 0 unspecified atom stereocenters. The third-order valence-corrected chi connectivity index (χ3v) is 5.26. The number of aromatic nitrogens is 2. The van der Waals surface area contributed by atoms with Crippen LogP contribution >= 0.6 is 36.6 Å². The molecule has 9 heteroatoms. The van der Waals surface area contributed by atoms with Crippen LogP contribution in [0.25, 0.3) is 0 Å². The molecule has 0 aromatic carbocycles. The van der Waals surface area contributed by atoms with Crippen molar-refractivity contribution in [2.75, 3.05) is 20.1 Å². The van der Waals surface area contributed by atoms with Crippen LogP contribution in [0.1, 0.15) is 34.7 Å². The van der Waals surface area contributed by atoms with Crippen LogP contribution in [0.5, 0.6) is 0 Å². The first-order valence-electron chi connectivity index (χ1n) is 8.14. The SMILES string of the molecule is CNC1CCN(C(=O)c2cccnc2SCc2cc(C)on2)CC1.Cl.Cl. The van der Waals surface area contributed by atoms with Crippen LogP contribution in [0.4, 0.5) is 0 Å². The van der Waals surface area contributed by atoms with Crippen LogP contribution in [0.3, 0.4) is 0 Å². The third-order valence-electron chi connectivity index (χ3n) is 4.23. The van der Waals surface area contributed by atoms with Gasteiger partial charge in [-0.2, -0.15) is 0 Å². The lowest BCUT2D eigenvalue weighted by molar-refractivity contribution is 0.0703. The van der Waals surface area contributed by atoms with E-state index in [0.29, 0.717) is 17.4 Å². The van der Waals surface area contributed by atoms with Crippen molar-refractivity contribution in [1.29, 1.82) is 0 Å². The number of carbonyl (C=O) groups excluding carboxylic acids is 1. The van der Waals surface area contributed by atoms with Crippen molar-refractivity contribution in [2.24, 2.45) is 0 Å². The molecule has 2 aromatic rings. The Morgan fingerprint density at radius 2 is 2.12 bits per heavy atom. The Balaban J connectivity index is 0.00000169. The molecule has 0 radical (unpaired) electrons. The zero-order chi connectivity index (χ0) is 16.9. The summed E-state index contributed by atoms with van der Waals surface area (Å²) in [7, 11) is 1.98. The van der Waals surface area contributed by atoms with Crippen molar-refractivity contribution in [3.05, 3.63) is 41.4 Å². The van der Waals surface area contributed by atoms with Crippen LogP contribution in [-0.2, 0) is 5.75 Å². The molecule has 3 rings (SSSR count). The van der Waals surface area contributed by atoms with Gasteiger partial charge in [0.25, 0.3) is 5.91 Å². The van der Waals surface area contributed by atoms with E-state index in [1.54, 1.807) is 6.20 Å². The molecule has 1 aliphatic heterocycles. The number of nitrogens with zero attached hydrogens (tertiary/aromatic N) is 3. The first kappa shape index (κ1) is 22.8. The van der Waals surface area contributed by atoms with E-state index in [9.17, 15) is 4.79 Å². The molecule has 2 aromatic heterocycles. The van der Waals surface area contributed by atoms with Gasteiger partial charge in [0.05, 0.1) is 11.3 Å². The zero-order valence-electron chi connectivity index (χ0n) is 14.8. The minimum atomic E-state index is 0. The van der Waals surface area contributed by atoms with Gasteiger partial charge in [-0.25, -0.2) is 4.98 Å². The molecule has 1 amide bonds. The lowest BCUT2D eigenvalue weighted by Gasteiger charge is -2.32. The normalized spacial score (nSPS) is 14.5. The smallest absolute Gasteiger partial charge is 0.256 e. The molecule has 0 bridgehead atoms. The standard InChI is InChI=1S/C17H22N4O2S.2ClH/c1-12-10-14(20-23-12)11-24-16-15(4-3-7-19-16)17(22)21-8-5-13(18-2)6-9-21;;/h3-4,7,10,13,18H,5-6,8-9,11H2,1-2H3;2*1H. The number of nitrogens with one attached hydrogen (secondary N) is 1. The van der Waals surface area contributed by atoms with Crippen molar-refractivity contribution >= 4 is 42.5 Å². The lowest BCUT2D eigenvalue weighted by Crippen LogP contribution is -2.44. The summed E-state index contributed by atoms with van der Waals surface area (Å²) < 4.78 is 5.08. The van der Waals surface area contributed by atoms with Gasteiger partial charge in [0.1, 0.15) is 10.8 Å². The monoisotopic (exact) mass is 418 g/mol. The van der Waals surface area contributed by atoms with E-state index >= 15 is 0 Å². The predicted molar refractivity (Wildman–Crippen MR) is 108 cm³/mol. The van der Waals surface area contributed by atoms with E-state index in [-0.39, 0.29) is 30.7 Å². The van der Waals surface area contributed by atoms with Crippen molar-refractivity contribution < 1.29 is 9.32 Å². The highest BCUT2D eigenvalue weighted by molar-refractivity contribution is 7.98. The fourth-order valence-corrected chi connectivity index (χ4v) is 3.71. The highest BCUT2D eigenvalue weighted by Crippen LogP contribution is 2.26. The summed E-state index contributed by atoms with van der Waals surface area (Å²) in [5.74, 6) is 1.49. The molecule has 144 valence electrons. The Morgan fingerprint density at radius 3 is 2.73 bits per heavy atom. The number of pyridine rings is 1. The van der Waals surface area contributed by atoms with Crippen molar-refractivity contribution in [3.63, 3.8) is 0 Å². The van der Waals surface area contributed by atoms with Gasteiger partial charge in [-0.05, 0) is 38.9 Å². The summed E-state index contributed by atoms with van der Waals surface area (Å²) in [5.41, 5.74) is 1.53. The molecule has 0 saturated carbocycles. The quantitative estimate of drug-likeness (QED) is 0.750. The number of aryl methyl sites for hydroxylation is 1. The summed E-state index contributed by atoms with van der Waals surface area (Å²) >= 11 is 1.52. The number of likely N-dealkylation sites (tertiary alicyclic amines) is 1. The molecule has 1 N–H and O–H groups in total. The predicted octanol–water partition coefficient (Wildman–Crippen LogP) is 3.34. The number of amides is 1. The van der Waals surface area contributed by atoms with Gasteiger partial charge >= 0.3 is 0 Å². The number of hydrogen-bond donors (Lipinski definition) is 1. The van der Waals surface area contributed by atoms with Crippen LogP contribution in [-0.4, -0.2) is 47.1 Å². The summed E-state index contributed by atoms with van der Waals surface area (Å²) in [5, 5.41) is 8.02. The van der Waals surface area contributed by atoms with E-state index in [1.165, 1.54) is 11.8 Å². The second kappa shape index (κ2) is 10.8. The minimum absolute atomic E-state index is 0. The Hall–Kier alpha value is -1.28. The number of carbonyl (C=O) groups is 1. The van der Waals surface area contributed by atoms with Crippen molar-refractivity contribution in [3.8, 4) is 0 Å². The minimum Gasteiger partial charge on any atom is -0.361 e. The molecular formula is C17H24Cl2N4O2S. The molecule has 1 fully saturated rings. The van der Waals surface area contributed by atoms with Gasteiger partial charge in [-0.15, -0.1) is 24.8 Å². The molecule has 3 heterocycles. The van der Waals surface area contributed by atoms with E-state index < -0.39 is 0 Å². The fourth-order valence-electron chi connectivity index (χ4n) is 2.84. The highest BCUT2D eigenvalue weighted by atomic mass is 35.5. The molecular weight excluding hydrogens is 395 g/mol. The molecule has 26 heavy (non-hydrogen) atoms. The fraction of sp³-hybridized carbons (Fsp3) is 0.471. The van der Waals surface area contributed by atoms with Gasteiger partial charge < -0.3 is 14.7 Å². The molecule has 1 saturated heterocycles. The summed E-state index contributed by atoms with van der Waals surface area (Å²) in [4.78, 5) is 19.2. The molecule has 0 spiro atoms. The molecule has 0 aliphatic carbocycles. The maximum absolute atomic E-state index is 12.8. The summed E-state index contributed by atoms with van der Waals surface area (Å²) in [6, 6.07) is 6.08. The zero-order valence-corrected chi connectivity index (χ0v) is 17.3. The largest absolute Gasteiger partial charge is 0.361 e. The van der Waals surface area contributed by atoms with E-state index in [4.69, 9.17) is 4.52 Å². The first-order valence-corrected chi connectivity index (χ1v) is 9.12. The first-order chi connectivity index (χ1) is 11.7. The van der Waals surface area contributed by atoms with Crippen molar-refractivity contribution in [1.82, 2.24) is 20.4 Å². The van der Waals surface area contributed by atoms with Gasteiger partial charge in [0.15, 0.2) is 0 Å². The summed E-state index contributed by atoms with van der Waals surface area (Å²) in [6.07, 6.45) is 3.70. The van der Waals surface area contributed by atoms with Crippen LogP contribution in [0.2, 0.25) is 0 Å².